The molecule has 0 radical (unpaired) electrons. The van der Waals surface area contributed by atoms with Gasteiger partial charge in [0.2, 0.25) is 5.95 Å². The van der Waals surface area contributed by atoms with E-state index >= 15 is 0 Å². The van der Waals surface area contributed by atoms with Crippen molar-refractivity contribution in [3.05, 3.63) is 32.6 Å². The molecular formula is C16H20ClN5O2S. The maximum Gasteiger partial charge on any atom is 0.261 e. The summed E-state index contributed by atoms with van der Waals surface area (Å²) < 4.78 is 6.34. The van der Waals surface area contributed by atoms with E-state index in [1.54, 1.807) is 7.05 Å². The number of hydrogen-bond donors (Lipinski definition) is 2. The molecule has 1 atom stereocenters. The van der Waals surface area contributed by atoms with E-state index in [0.717, 1.165) is 30.0 Å². The van der Waals surface area contributed by atoms with Gasteiger partial charge in [-0.2, -0.15) is 4.98 Å². The molecule has 1 saturated heterocycles. The summed E-state index contributed by atoms with van der Waals surface area (Å²) in [5.74, 6) is 0.826. The molecule has 25 heavy (non-hydrogen) atoms. The molecule has 1 aliphatic rings. The van der Waals surface area contributed by atoms with Crippen molar-refractivity contribution < 1.29 is 9.53 Å². The Morgan fingerprint density at radius 2 is 2.28 bits per heavy atom. The summed E-state index contributed by atoms with van der Waals surface area (Å²) in [4.78, 5) is 23.1. The smallest absolute Gasteiger partial charge is 0.261 e. The van der Waals surface area contributed by atoms with Crippen LogP contribution in [0, 0.1) is 6.92 Å². The van der Waals surface area contributed by atoms with Crippen LogP contribution >= 0.6 is 22.9 Å². The number of ether oxygens (including phenoxy) is 1. The maximum absolute atomic E-state index is 11.9. The molecule has 1 aliphatic heterocycles. The molecule has 0 spiro atoms. The third kappa shape index (κ3) is 3.86. The number of nitrogen functional groups attached to an aromatic ring is 1. The van der Waals surface area contributed by atoms with Crippen LogP contribution < -0.4 is 16.0 Å². The minimum Gasteiger partial charge on any atom is -0.379 e. The zero-order valence-corrected chi connectivity index (χ0v) is 15.7. The van der Waals surface area contributed by atoms with Gasteiger partial charge in [0.15, 0.2) is 0 Å². The van der Waals surface area contributed by atoms with Crippen molar-refractivity contribution in [3.63, 3.8) is 0 Å². The van der Waals surface area contributed by atoms with Crippen molar-refractivity contribution >= 4 is 40.6 Å². The lowest BCUT2D eigenvalue weighted by atomic mass is 10.1. The van der Waals surface area contributed by atoms with Gasteiger partial charge >= 0.3 is 0 Å². The second-order valence-electron chi connectivity index (χ2n) is 5.78. The number of amides is 1. The number of nitrogens with two attached hydrogens (primary N) is 1. The molecule has 3 rings (SSSR count). The minimum absolute atomic E-state index is 0.140. The van der Waals surface area contributed by atoms with E-state index in [-0.39, 0.29) is 17.9 Å². The van der Waals surface area contributed by atoms with Gasteiger partial charge in [-0.05, 0) is 19.4 Å². The van der Waals surface area contributed by atoms with Crippen LogP contribution in [0.5, 0.6) is 0 Å². The monoisotopic (exact) mass is 381 g/mol. The number of halogens is 1. The van der Waals surface area contributed by atoms with Gasteiger partial charge in [0.1, 0.15) is 5.82 Å². The Bertz CT molecular complexity index is 762. The standard InChI is InChI=1S/C16H20ClN5O2S/c1-9-6-13(21-16(18)20-9)22-4-3-5-24-8-11(22)10-7-12(15(23)19-2)25-14(10)17/h6-7,11H,3-5,8H2,1-2H3,(H,19,23)(H2,18,20,21). The average Bonchev–Trinajstić information content (AvgIpc) is 2.80. The zero-order valence-electron chi connectivity index (χ0n) is 14.1. The molecular weight excluding hydrogens is 362 g/mol. The maximum atomic E-state index is 11.9. The lowest BCUT2D eigenvalue weighted by molar-refractivity contribution is 0.0967. The van der Waals surface area contributed by atoms with Crippen LogP contribution in [0.2, 0.25) is 4.34 Å². The minimum atomic E-state index is -0.152. The van der Waals surface area contributed by atoms with Crippen molar-refractivity contribution in [1.29, 1.82) is 0 Å². The number of carbonyl (C=O) groups is 1. The lowest BCUT2D eigenvalue weighted by Gasteiger charge is -2.30. The molecule has 0 saturated carbocycles. The molecule has 3 heterocycles. The fourth-order valence-corrected chi connectivity index (χ4v) is 4.19. The first-order valence-electron chi connectivity index (χ1n) is 7.96. The fourth-order valence-electron chi connectivity index (χ4n) is 2.88. The van der Waals surface area contributed by atoms with Crippen LogP contribution in [0.3, 0.4) is 0 Å². The summed E-state index contributed by atoms with van der Waals surface area (Å²) in [6.07, 6.45) is 0.865. The van der Waals surface area contributed by atoms with Gasteiger partial charge in [0.25, 0.3) is 5.91 Å². The van der Waals surface area contributed by atoms with Gasteiger partial charge in [-0.1, -0.05) is 11.6 Å². The van der Waals surface area contributed by atoms with Gasteiger partial charge < -0.3 is 20.7 Å². The van der Waals surface area contributed by atoms with E-state index in [2.05, 4.69) is 20.2 Å². The van der Waals surface area contributed by atoms with Crippen molar-refractivity contribution in [2.24, 2.45) is 0 Å². The highest BCUT2D eigenvalue weighted by atomic mass is 35.5. The van der Waals surface area contributed by atoms with E-state index in [4.69, 9.17) is 22.1 Å². The summed E-state index contributed by atoms with van der Waals surface area (Å²) >= 11 is 7.71. The summed E-state index contributed by atoms with van der Waals surface area (Å²) in [6, 6.07) is 3.59. The molecule has 7 nitrogen and oxygen atoms in total. The molecule has 1 fully saturated rings. The predicted molar refractivity (Wildman–Crippen MR) is 99.4 cm³/mol. The number of thiophene rings is 1. The van der Waals surface area contributed by atoms with Gasteiger partial charge in [0, 0.05) is 37.5 Å². The highest BCUT2D eigenvalue weighted by Gasteiger charge is 2.29. The number of hydrogen-bond acceptors (Lipinski definition) is 7. The van der Waals surface area contributed by atoms with Crippen molar-refractivity contribution in [2.45, 2.75) is 19.4 Å². The quantitative estimate of drug-likeness (QED) is 0.848. The fraction of sp³-hybridized carbons (Fsp3) is 0.438. The van der Waals surface area contributed by atoms with E-state index in [0.29, 0.717) is 22.4 Å². The van der Waals surface area contributed by atoms with Crippen LogP contribution in [-0.4, -0.2) is 42.7 Å². The molecule has 2 aromatic heterocycles. The molecule has 0 aromatic carbocycles. The van der Waals surface area contributed by atoms with E-state index in [1.807, 2.05) is 19.1 Å². The number of rotatable bonds is 3. The second kappa shape index (κ2) is 7.55. The van der Waals surface area contributed by atoms with Gasteiger partial charge in [-0.25, -0.2) is 4.98 Å². The number of nitrogens with one attached hydrogen (secondary N) is 1. The number of carbonyl (C=O) groups excluding carboxylic acids is 1. The third-order valence-corrected chi connectivity index (χ3v) is 5.40. The Hall–Kier alpha value is -1.90. The highest BCUT2D eigenvalue weighted by Crippen LogP contribution is 2.37. The number of aryl methyl sites for hydroxylation is 1. The normalized spacial score (nSPS) is 18.0. The summed E-state index contributed by atoms with van der Waals surface area (Å²) in [5, 5.41) is 2.63. The Morgan fingerprint density at radius 1 is 1.48 bits per heavy atom. The van der Waals surface area contributed by atoms with Gasteiger partial charge in [0.05, 0.1) is 21.9 Å². The van der Waals surface area contributed by atoms with E-state index < -0.39 is 0 Å². The van der Waals surface area contributed by atoms with Crippen molar-refractivity contribution in [3.8, 4) is 0 Å². The molecule has 134 valence electrons. The molecule has 0 bridgehead atoms. The Kier molecular flexibility index (Phi) is 5.41. The average molecular weight is 382 g/mol. The predicted octanol–water partition coefficient (Wildman–Crippen LogP) is 2.41. The SMILES string of the molecule is CNC(=O)c1cc(C2COCCCN2c2cc(C)nc(N)n2)c(Cl)s1. The third-order valence-electron chi connectivity index (χ3n) is 4.01. The van der Waals surface area contributed by atoms with E-state index in [1.165, 1.54) is 11.3 Å². The number of anilines is 2. The lowest BCUT2D eigenvalue weighted by Crippen LogP contribution is -2.31. The van der Waals surface area contributed by atoms with Crippen LogP contribution in [0.25, 0.3) is 0 Å². The second-order valence-corrected chi connectivity index (χ2v) is 7.44. The highest BCUT2D eigenvalue weighted by molar-refractivity contribution is 7.18. The van der Waals surface area contributed by atoms with Crippen molar-refractivity contribution in [2.75, 3.05) is 37.4 Å². The number of aromatic nitrogens is 2. The Balaban J connectivity index is 2.01. The van der Waals surface area contributed by atoms with E-state index in [9.17, 15) is 4.79 Å². The van der Waals surface area contributed by atoms with Crippen LogP contribution in [0.1, 0.15) is 33.4 Å². The largest absolute Gasteiger partial charge is 0.379 e. The topological polar surface area (TPSA) is 93.4 Å². The zero-order chi connectivity index (χ0) is 18.0. The number of nitrogens with zero attached hydrogens (tertiary/aromatic N) is 3. The van der Waals surface area contributed by atoms with Gasteiger partial charge in [-0.15, -0.1) is 11.3 Å². The Labute approximate surface area is 155 Å². The first-order chi connectivity index (χ1) is 12.0. The molecule has 2 aromatic rings. The van der Waals surface area contributed by atoms with Crippen LogP contribution in [0.4, 0.5) is 11.8 Å². The summed E-state index contributed by atoms with van der Waals surface area (Å²) in [7, 11) is 1.60. The summed E-state index contributed by atoms with van der Waals surface area (Å²) in [5.41, 5.74) is 7.49. The summed E-state index contributed by atoms with van der Waals surface area (Å²) in [6.45, 7) is 3.76. The molecule has 0 aliphatic carbocycles. The molecule has 1 amide bonds. The first-order valence-corrected chi connectivity index (χ1v) is 9.16. The molecule has 9 heteroatoms. The van der Waals surface area contributed by atoms with Crippen LogP contribution in [-0.2, 0) is 4.74 Å². The molecule has 3 N–H and O–H groups in total. The van der Waals surface area contributed by atoms with Gasteiger partial charge in [-0.3, -0.25) is 4.79 Å². The first kappa shape index (κ1) is 17.9. The van der Waals surface area contributed by atoms with Crippen LogP contribution in [0.15, 0.2) is 12.1 Å². The Morgan fingerprint density at radius 3 is 3.00 bits per heavy atom. The van der Waals surface area contributed by atoms with Crippen molar-refractivity contribution in [1.82, 2.24) is 15.3 Å². The molecule has 1 unspecified atom stereocenters.